The number of hydrogen-bond donors (Lipinski definition) is 2. The summed E-state index contributed by atoms with van der Waals surface area (Å²) in [5.74, 6) is -1.63. The van der Waals surface area contributed by atoms with Crippen LogP contribution in [0.15, 0.2) is 42.5 Å². The Morgan fingerprint density at radius 3 is 2.24 bits per heavy atom. The Morgan fingerprint density at radius 2 is 1.67 bits per heavy atom. The van der Waals surface area contributed by atoms with E-state index in [-0.39, 0.29) is 39.8 Å². The van der Waals surface area contributed by atoms with Gasteiger partial charge in [-0.3, -0.25) is 4.79 Å². The Morgan fingerprint density at radius 1 is 1.06 bits per heavy atom. The number of hydrogen-bond acceptors (Lipinski definition) is 2. The van der Waals surface area contributed by atoms with Gasteiger partial charge in [0.1, 0.15) is 0 Å². The van der Waals surface area contributed by atoms with Crippen LogP contribution in [0.2, 0.25) is 10.0 Å². The van der Waals surface area contributed by atoms with E-state index in [0.717, 1.165) is 6.07 Å². The summed E-state index contributed by atoms with van der Waals surface area (Å²) in [6.45, 7) is 3.33. The van der Waals surface area contributed by atoms with Gasteiger partial charge in [0.25, 0.3) is 5.91 Å². The fourth-order valence-electron chi connectivity index (χ4n) is 3.63. The molecule has 0 atom stereocenters. The number of aromatic carboxylic acids is 1. The lowest BCUT2D eigenvalue weighted by molar-refractivity contribution is -0.137. The van der Waals surface area contributed by atoms with Gasteiger partial charge in [-0.2, -0.15) is 13.2 Å². The average molecular weight is 499 g/mol. The molecule has 1 heterocycles. The van der Waals surface area contributed by atoms with E-state index in [4.69, 9.17) is 28.3 Å². The average Bonchev–Trinajstić information content (AvgIpc) is 3.03. The van der Waals surface area contributed by atoms with Crippen molar-refractivity contribution in [1.82, 2.24) is 9.88 Å². The van der Waals surface area contributed by atoms with Crippen molar-refractivity contribution in [3.8, 4) is 5.69 Å². The number of nitrogens with zero attached hydrogens (tertiary/aromatic N) is 1. The first-order valence-corrected chi connectivity index (χ1v) is 10.5. The molecule has 0 aliphatic heterocycles. The summed E-state index contributed by atoms with van der Waals surface area (Å²) in [6, 6.07) is 9.25. The Kier molecular flexibility index (Phi) is 7.09. The number of halogens is 5. The van der Waals surface area contributed by atoms with Gasteiger partial charge in [0.15, 0.2) is 0 Å². The zero-order valence-electron chi connectivity index (χ0n) is 17.6. The molecule has 3 rings (SSSR count). The van der Waals surface area contributed by atoms with Gasteiger partial charge in [-0.25, -0.2) is 4.79 Å². The van der Waals surface area contributed by atoms with Gasteiger partial charge in [0, 0.05) is 28.0 Å². The number of aryl methyl sites for hydroxylation is 1. The van der Waals surface area contributed by atoms with E-state index in [1.54, 1.807) is 13.8 Å². The van der Waals surface area contributed by atoms with Crippen LogP contribution in [0, 0.1) is 13.8 Å². The fourth-order valence-corrected chi connectivity index (χ4v) is 4.31. The van der Waals surface area contributed by atoms with Crippen LogP contribution in [0.5, 0.6) is 0 Å². The number of alkyl halides is 3. The smallest absolute Gasteiger partial charge is 0.418 e. The minimum absolute atomic E-state index is 0.0515. The quantitative estimate of drug-likeness (QED) is 0.431. The second kappa shape index (κ2) is 9.49. The van der Waals surface area contributed by atoms with Crippen molar-refractivity contribution in [1.29, 1.82) is 0 Å². The minimum atomic E-state index is -4.54. The number of carbonyl (C=O) groups excluding carboxylic acids is 1. The zero-order valence-corrected chi connectivity index (χ0v) is 19.1. The van der Waals surface area contributed by atoms with Crippen molar-refractivity contribution in [3.05, 3.63) is 86.2 Å². The molecule has 0 fully saturated rings. The maximum Gasteiger partial charge on any atom is 0.418 e. The summed E-state index contributed by atoms with van der Waals surface area (Å²) in [5.41, 5.74) is 0.651. The first kappa shape index (κ1) is 24.7. The highest BCUT2D eigenvalue weighted by atomic mass is 35.5. The van der Waals surface area contributed by atoms with Crippen LogP contribution in [-0.2, 0) is 12.6 Å². The molecule has 5 nitrogen and oxygen atoms in total. The van der Waals surface area contributed by atoms with Crippen molar-refractivity contribution in [2.75, 3.05) is 6.54 Å². The number of nitrogens with one attached hydrogen (secondary N) is 1. The van der Waals surface area contributed by atoms with E-state index in [1.807, 2.05) is 0 Å². The second-order valence-corrected chi connectivity index (χ2v) is 8.18. The number of rotatable bonds is 6. The summed E-state index contributed by atoms with van der Waals surface area (Å²) in [4.78, 5) is 23.8. The van der Waals surface area contributed by atoms with Crippen molar-refractivity contribution in [2.45, 2.75) is 26.4 Å². The number of carboxylic acids is 1. The number of para-hydroxylation sites is 1. The van der Waals surface area contributed by atoms with Gasteiger partial charge in [-0.05, 0) is 56.2 Å². The summed E-state index contributed by atoms with van der Waals surface area (Å²) >= 11 is 12.2. The minimum Gasteiger partial charge on any atom is -0.478 e. The fraction of sp³-hybridized carbons (Fsp3) is 0.217. The van der Waals surface area contributed by atoms with Gasteiger partial charge in [-0.15, -0.1) is 0 Å². The van der Waals surface area contributed by atoms with E-state index in [0.29, 0.717) is 17.0 Å². The molecule has 0 saturated heterocycles. The van der Waals surface area contributed by atoms with Crippen molar-refractivity contribution < 1.29 is 27.9 Å². The van der Waals surface area contributed by atoms with Gasteiger partial charge in [-0.1, -0.05) is 35.3 Å². The van der Waals surface area contributed by atoms with Crippen LogP contribution >= 0.6 is 23.2 Å². The van der Waals surface area contributed by atoms with Gasteiger partial charge >= 0.3 is 12.1 Å². The molecule has 3 aromatic rings. The maximum atomic E-state index is 13.5. The molecule has 0 radical (unpaired) electrons. The summed E-state index contributed by atoms with van der Waals surface area (Å²) in [5, 5.41) is 12.1. The molecule has 2 aromatic carbocycles. The van der Waals surface area contributed by atoms with E-state index in [1.165, 1.54) is 41.0 Å². The van der Waals surface area contributed by atoms with Crippen LogP contribution in [0.1, 0.15) is 43.2 Å². The Bertz CT molecular complexity index is 1210. The molecular formula is C23H19Cl2F3N2O3. The standard InChI is InChI=1S/C23H19Cl2F3N2O3/c1-12-9-16(13(2)30(12)20-6-4-3-5-17(20)23(26,27)28)21(31)29-8-7-15-18(24)10-14(22(32)33)11-19(15)25/h3-6,9-11H,7-8H2,1-2H3,(H,29,31)(H,32,33). The predicted molar refractivity (Wildman–Crippen MR) is 120 cm³/mol. The van der Waals surface area contributed by atoms with Crippen LogP contribution in [0.4, 0.5) is 13.2 Å². The van der Waals surface area contributed by atoms with Gasteiger partial charge in [0.05, 0.1) is 22.4 Å². The van der Waals surface area contributed by atoms with E-state index in [2.05, 4.69) is 5.32 Å². The molecule has 0 spiro atoms. The molecule has 1 amide bonds. The third-order valence-corrected chi connectivity index (χ3v) is 5.85. The van der Waals surface area contributed by atoms with Crippen LogP contribution in [0.25, 0.3) is 5.69 Å². The Hall–Kier alpha value is -2.97. The highest BCUT2D eigenvalue weighted by Crippen LogP contribution is 2.35. The summed E-state index contributed by atoms with van der Waals surface area (Å²) in [6.07, 6.45) is -4.31. The molecule has 10 heteroatoms. The van der Waals surface area contributed by atoms with Gasteiger partial charge < -0.3 is 15.0 Å². The topological polar surface area (TPSA) is 71.3 Å². The summed E-state index contributed by atoms with van der Waals surface area (Å²) in [7, 11) is 0. The number of amides is 1. The molecule has 174 valence electrons. The largest absolute Gasteiger partial charge is 0.478 e. The number of carbonyl (C=O) groups is 2. The van der Waals surface area contributed by atoms with E-state index >= 15 is 0 Å². The molecule has 2 N–H and O–H groups in total. The SMILES string of the molecule is Cc1cc(C(=O)NCCc2c(Cl)cc(C(=O)O)cc2Cl)c(C)n1-c1ccccc1C(F)(F)F. The Balaban J connectivity index is 1.81. The van der Waals surface area contributed by atoms with E-state index < -0.39 is 23.6 Å². The van der Waals surface area contributed by atoms with Gasteiger partial charge in [0.2, 0.25) is 0 Å². The maximum absolute atomic E-state index is 13.5. The predicted octanol–water partition coefficient (Wildman–Crippen LogP) is 6.09. The molecule has 0 unspecified atom stereocenters. The third kappa shape index (κ3) is 5.17. The monoisotopic (exact) mass is 498 g/mol. The number of benzene rings is 2. The Labute approximate surface area is 197 Å². The lowest BCUT2D eigenvalue weighted by Crippen LogP contribution is -2.26. The number of carboxylic acid groups (broad SMARTS) is 1. The van der Waals surface area contributed by atoms with Crippen molar-refractivity contribution in [2.24, 2.45) is 0 Å². The van der Waals surface area contributed by atoms with Crippen molar-refractivity contribution in [3.63, 3.8) is 0 Å². The molecule has 33 heavy (non-hydrogen) atoms. The second-order valence-electron chi connectivity index (χ2n) is 7.36. The lowest BCUT2D eigenvalue weighted by atomic mass is 10.1. The molecule has 0 aliphatic rings. The van der Waals surface area contributed by atoms with Crippen LogP contribution in [0.3, 0.4) is 0 Å². The first-order chi connectivity index (χ1) is 15.4. The highest BCUT2D eigenvalue weighted by Gasteiger charge is 2.34. The van der Waals surface area contributed by atoms with Crippen LogP contribution in [-0.4, -0.2) is 28.1 Å². The van der Waals surface area contributed by atoms with E-state index in [9.17, 15) is 22.8 Å². The molecular weight excluding hydrogens is 480 g/mol. The molecule has 0 saturated carbocycles. The summed E-state index contributed by atoms with van der Waals surface area (Å²) < 4.78 is 41.8. The normalized spacial score (nSPS) is 11.5. The van der Waals surface area contributed by atoms with Crippen LogP contribution < -0.4 is 5.32 Å². The highest BCUT2D eigenvalue weighted by molar-refractivity contribution is 6.36. The zero-order chi connectivity index (χ0) is 24.5. The molecule has 1 aromatic heterocycles. The lowest BCUT2D eigenvalue weighted by Gasteiger charge is -2.17. The third-order valence-electron chi connectivity index (χ3n) is 5.17. The molecule has 0 bridgehead atoms. The van der Waals surface area contributed by atoms with Crippen molar-refractivity contribution >= 4 is 35.1 Å². The molecule has 0 aliphatic carbocycles. The first-order valence-electron chi connectivity index (χ1n) is 9.76. The number of aromatic nitrogens is 1.